The highest BCUT2D eigenvalue weighted by molar-refractivity contribution is 14.0. The highest BCUT2D eigenvalue weighted by atomic mass is 127. The summed E-state index contributed by atoms with van der Waals surface area (Å²) in [5, 5.41) is 9.20. The molecule has 1 saturated heterocycles. The second-order valence-electron chi connectivity index (χ2n) is 9.05. The van der Waals surface area contributed by atoms with E-state index in [2.05, 4.69) is 45.7 Å². The number of carbonyl (C=O) groups excluding carboxylic acids is 1. The molecule has 2 unspecified atom stereocenters. The first-order valence-corrected chi connectivity index (χ1v) is 12.6. The summed E-state index contributed by atoms with van der Waals surface area (Å²) in [6, 6.07) is 2.98. The summed E-state index contributed by atoms with van der Waals surface area (Å²) < 4.78 is 0. The first kappa shape index (κ1) is 24.8. The average Bonchev–Trinajstić information content (AvgIpc) is 3.52. The zero-order valence-corrected chi connectivity index (χ0v) is 22.1. The number of hydrogen-bond donors (Lipinski definition) is 2. The SMILES string of the molecule is CCNC(=NCC(C)N1CCc2sccc2C1)NC1CCN(C(=O)C2CCCC2)C1.I. The first-order chi connectivity index (χ1) is 14.6. The second-order valence-corrected chi connectivity index (χ2v) is 10.1. The molecule has 31 heavy (non-hydrogen) atoms. The van der Waals surface area contributed by atoms with Crippen molar-refractivity contribution in [3.8, 4) is 0 Å². The van der Waals surface area contributed by atoms with Gasteiger partial charge in [0.05, 0.1) is 6.54 Å². The summed E-state index contributed by atoms with van der Waals surface area (Å²) in [6.45, 7) is 9.86. The summed E-state index contributed by atoms with van der Waals surface area (Å²) in [4.78, 5) is 23.8. The molecule has 3 aliphatic rings. The van der Waals surface area contributed by atoms with Crippen LogP contribution < -0.4 is 10.6 Å². The number of halogens is 1. The van der Waals surface area contributed by atoms with Gasteiger partial charge in [-0.1, -0.05) is 12.8 Å². The van der Waals surface area contributed by atoms with E-state index in [4.69, 9.17) is 4.99 Å². The Morgan fingerprint density at radius 2 is 2.10 bits per heavy atom. The van der Waals surface area contributed by atoms with Gasteiger partial charge in [0, 0.05) is 55.6 Å². The van der Waals surface area contributed by atoms with Gasteiger partial charge in [0.1, 0.15) is 0 Å². The average molecular weight is 560 g/mol. The van der Waals surface area contributed by atoms with Gasteiger partial charge in [-0.15, -0.1) is 35.3 Å². The third-order valence-electron chi connectivity index (χ3n) is 6.86. The number of thiophene rings is 1. The molecule has 0 aromatic carbocycles. The molecular formula is C23H38IN5OS. The Bertz CT molecular complexity index is 748. The van der Waals surface area contributed by atoms with E-state index in [1.165, 1.54) is 18.4 Å². The normalized spacial score (nSPS) is 23.4. The van der Waals surface area contributed by atoms with Crippen LogP contribution in [0.1, 0.15) is 56.4 Å². The van der Waals surface area contributed by atoms with E-state index in [-0.39, 0.29) is 29.9 Å². The molecule has 1 amide bonds. The first-order valence-electron chi connectivity index (χ1n) is 11.8. The molecule has 1 aromatic heterocycles. The lowest BCUT2D eigenvalue weighted by atomic mass is 10.1. The largest absolute Gasteiger partial charge is 0.357 e. The number of fused-ring (bicyclic) bond motifs is 1. The lowest BCUT2D eigenvalue weighted by molar-refractivity contribution is -0.134. The van der Waals surface area contributed by atoms with E-state index in [1.54, 1.807) is 4.88 Å². The Morgan fingerprint density at radius 3 is 2.87 bits per heavy atom. The third kappa shape index (κ3) is 6.35. The molecule has 8 heteroatoms. The number of rotatable bonds is 6. The number of carbonyl (C=O) groups is 1. The van der Waals surface area contributed by atoms with Crippen molar-refractivity contribution in [1.82, 2.24) is 20.4 Å². The number of likely N-dealkylation sites (tertiary alicyclic amines) is 1. The zero-order valence-electron chi connectivity index (χ0n) is 18.9. The molecule has 1 aliphatic carbocycles. The van der Waals surface area contributed by atoms with E-state index in [0.29, 0.717) is 18.0 Å². The number of hydrogen-bond acceptors (Lipinski definition) is 4. The molecule has 174 valence electrons. The number of guanidine groups is 1. The van der Waals surface area contributed by atoms with Crippen molar-refractivity contribution < 1.29 is 4.79 Å². The molecule has 6 nitrogen and oxygen atoms in total. The molecular weight excluding hydrogens is 521 g/mol. The van der Waals surface area contributed by atoms with E-state index >= 15 is 0 Å². The van der Waals surface area contributed by atoms with Crippen molar-refractivity contribution in [2.75, 3.05) is 32.7 Å². The van der Waals surface area contributed by atoms with Crippen LogP contribution >= 0.6 is 35.3 Å². The van der Waals surface area contributed by atoms with Gasteiger partial charge in [0.25, 0.3) is 0 Å². The third-order valence-corrected chi connectivity index (χ3v) is 7.89. The number of nitrogens with one attached hydrogen (secondary N) is 2. The molecule has 0 bridgehead atoms. The van der Waals surface area contributed by atoms with Crippen molar-refractivity contribution in [2.45, 2.75) is 71.0 Å². The maximum absolute atomic E-state index is 12.7. The van der Waals surface area contributed by atoms with Gasteiger partial charge in [-0.3, -0.25) is 14.7 Å². The molecule has 2 atom stereocenters. The fourth-order valence-corrected chi connectivity index (χ4v) is 5.90. The summed E-state index contributed by atoms with van der Waals surface area (Å²) in [7, 11) is 0. The number of amides is 1. The van der Waals surface area contributed by atoms with Gasteiger partial charge < -0.3 is 15.5 Å². The quantitative estimate of drug-likeness (QED) is 0.319. The summed E-state index contributed by atoms with van der Waals surface area (Å²) in [6.07, 6.45) is 6.76. The Kier molecular flexibility index (Phi) is 9.46. The maximum atomic E-state index is 12.7. The fraction of sp³-hybridized carbons (Fsp3) is 0.739. The van der Waals surface area contributed by atoms with Crippen molar-refractivity contribution in [3.63, 3.8) is 0 Å². The molecule has 1 aromatic rings. The maximum Gasteiger partial charge on any atom is 0.225 e. The summed E-state index contributed by atoms with van der Waals surface area (Å²) >= 11 is 1.89. The van der Waals surface area contributed by atoms with Gasteiger partial charge in [0.2, 0.25) is 5.91 Å². The van der Waals surface area contributed by atoms with Crippen LogP contribution in [0.3, 0.4) is 0 Å². The predicted octanol–water partition coefficient (Wildman–Crippen LogP) is 3.46. The van der Waals surface area contributed by atoms with Crippen LogP contribution in [0.5, 0.6) is 0 Å². The topological polar surface area (TPSA) is 60.0 Å². The molecule has 2 aliphatic heterocycles. The van der Waals surface area contributed by atoms with Crippen LogP contribution in [0.15, 0.2) is 16.4 Å². The van der Waals surface area contributed by atoms with Crippen LogP contribution in [-0.4, -0.2) is 66.5 Å². The smallest absolute Gasteiger partial charge is 0.225 e. The van der Waals surface area contributed by atoms with Crippen molar-refractivity contribution in [3.05, 3.63) is 21.9 Å². The molecule has 3 heterocycles. The van der Waals surface area contributed by atoms with Crippen LogP contribution in [0, 0.1) is 5.92 Å². The van der Waals surface area contributed by atoms with Gasteiger partial charge in [0.15, 0.2) is 5.96 Å². The monoisotopic (exact) mass is 559 g/mol. The molecule has 2 N–H and O–H groups in total. The molecule has 2 fully saturated rings. The molecule has 1 saturated carbocycles. The van der Waals surface area contributed by atoms with Gasteiger partial charge in [-0.05, 0) is 56.5 Å². The van der Waals surface area contributed by atoms with Crippen LogP contribution in [0.2, 0.25) is 0 Å². The van der Waals surface area contributed by atoms with Gasteiger partial charge in [-0.2, -0.15) is 0 Å². The molecule has 4 rings (SSSR count). The van der Waals surface area contributed by atoms with Gasteiger partial charge >= 0.3 is 0 Å². The van der Waals surface area contributed by atoms with Gasteiger partial charge in [-0.25, -0.2) is 0 Å². The Balaban J connectivity index is 0.00000272. The minimum atomic E-state index is 0. The predicted molar refractivity (Wildman–Crippen MR) is 139 cm³/mol. The van der Waals surface area contributed by atoms with Crippen molar-refractivity contribution >= 4 is 47.2 Å². The Hall–Kier alpha value is -0.870. The van der Waals surface area contributed by atoms with Crippen molar-refractivity contribution in [1.29, 1.82) is 0 Å². The highest BCUT2D eigenvalue weighted by Gasteiger charge is 2.32. The number of aliphatic imine (C=N–C) groups is 1. The zero-order chi connectivity index (χ0) is 20.9. The molecule has 0 radical (unpaired) electrons. The molecule has 0 spiro atoms. The Morgan fingerprint density at radius 1 is 1.29 bits per heavy atom. The Labute approximate surface area is 208 Å². The summed E-state index contributed by atoms with van der Waals surface area (Å²) in [5.41, 5.74) is 1.49. The lowest BCUT2D eigenvalue weighted by Gasteiger charge is -2.31. The highest BCUT2D eigenvalue weighted by Crippen LogP contribution is 2.28. The minimum Gasteiger partial charge on any atom is -0.357 e. The van der Waals surface area contributed by atoms with E-state index in [9.17, 15) is 4.79 Å². The fourth-order valence-electron chi connectivity index (χ4n) is 5.01. The second kappa shape index (κ2) is 11.8. The standard InChI is InChI=1S/C23H37N5OS.HI/c1-3-24-23(25-14-17(2)27-12-9-21-19(15-27)10-13-30-21)26-20-8-11-28(16-20)22(29)18-6-4-5-7-18;/h10,13,17-18,20H,3-9,11-12,14-16H2,1-2H3,(H2,24,25,26);1H. The van der Waals surface area contributed by atoms with E-state index in [1.807, 2.05) is 11.3 Å². The van der Waals surface area contributed by atoms with Crippen LogP contribution in [0.4, 0.5) is 0 Å². The van der Waals surface area contributed by atoms with Crippen LogP contribution in [-0.2, 0) is 17.8 Å². The van der Waals surface area contributed by atoms with Crippen LogP contribution in [0.25, 0.3) is 0 Å². The van der Waals surface area contributed by atoms with E-state index in [0.717, 1.165) is 70.9 Å². The summed E-state index contributed by atoms with van der Waals surface area (Å²) in [5.74, 6) is 1.54. The minimum absolute atomic E-state index is 0. The lowest BCUT2D eigenvalue weighted by Crippen LogP contribution is -2.46. The van der Waals surface area contributed by atoms with Crippen molar-refractivity contribution in [2.24, 2.45) is 10.9 Å². The number of nitrogens with zero attached hydrogens (tertiary/aromatic N) is 3. The van der Waals surface area contributed by atoms with E-state index < -0.39 is 0 Å².